The van der Waals surface area contributed by atoms with Crippen LogP contribution in [-0.2, 0) is 10.0 Å². The largest absolute Gasteiger partial charge is 0.486 e. The van der Waals surface area contributed by atoms with Gasteiger partial charge in [0.05, 0.1) is 18.0 Å². The van der Waals surface area contributed by atoms with Crippen molar-refractivity contribution in [2.75, 3.05) is 36.9 Å². The van der Waals surface area contributed by atoms with Crippen LogP contribution >= 0.6 is 11.8 Å². The lowest BCUT2D eigenvalue weighted by molar-refractivity contribution is 0.0475. The highest BCUT2D eigenvalue weighted by Gasteiger charge is 2.34. The van der Waals surface area contributed by atoms with Crippen LogP contribution in [0.3, 0.4) is 0 Å². The first kappa shape index (κ1) is 20.2. The van der Waals surface area contributed by atoms with E-state index in [4.69, 9.17) is 9.47 Å². The highest BCUT2D eigenvalue weighted by molar-refractivity contribution is 8.15. The normalized spacial score (nSPS) is 20.5. The average molecular weight is 460 g/mol. The Morgan fingerprint density at radius 2 is 2.06 bits per heavy atom. The molecule has 0 aliphatic carbocycles. The number of amides is 1. The van der Waals surface area contributed by atoms with Gasteiger partial charge in [0.15, 0.2) is 22.8 Å². The number of sulfonamides is 1. The van der Waals surface area contributed by atoms with E-state index in [1.807, 2.05) is 48.2 Å². The molecule has 0 saturated heterocycles. The molecule has 2 aromatic rings. The lowest BCUT2D eigenvalue weighted by Crippen LogP contribution is -2.43. The Hall–Kier alpha value is -2.72. The van der Waals surface area contributed by atoms with Crippen molar-refractivity contribution in [3.63, 3.8) is 0 Å². The van der Waals surface area contributed by atoms with Gasteiger partial charge in [-0.2, -0.15) is 0 Å². The van der Waals surface area contributed by atoms with E-state index in [1.165, 1.54) is 11.8 Å². The maximum absolute atomic E-state index is 13.2. The zero-order valence-electron chi connectivity index (χ0n) is 16.9. The van der Waals surface area contributed by atoms with Gasteiger partial charge < -0.3 is 19.3 Å². The van der Waals surface area contributed by atoms with Crippen molar-refractivity contribution in [3.8, 4) is 11.5 Å². The number of likely N-dealkylation sites (N-methyl/N-ethyl adjacent to an activating group) is 1. The van der Waals surface area contributed by atoms with E-state index in [0.29, 0.717) is 48.5 Å². The fourth-order valence-electron chi connectivity index (χ4n) is 3.80. The predicted octanol–water partition coefficient (Wildman–Crippen LogP) is 2.60. The molecule has 8 nitrogen and oxygen atoms in total. The van der Waals surface area contributed by atoms with Crippen molar-refractivity contribution in [3.05, 3.63) is 48.0 Å². The third-order valence-corrected chi connectivity index (χ3v) is 7.69. The maximum Gasteiger partial charge on any atom is 0.257 e. The minimum Gasteiger partial charge on any atom is -0.486 e. The molecular weight excluding hydrogens is 438 g/mol. The number of fused-ring (bicyclic) bond motifs is 4. The summed E-state index contributed by atoms with van der Waals surface area (Å²) in [6.07, 6.45) is -0.254. The Balaban J connectivity index is 1.32. The highest BCUT2D eigenvalue weighted by atomic mass is 32.2. The van der Waals surface area contributed by atoms with E-state index in [0.717, 1.165) is 10.6 Å². The van der Waals surface area contributed by atoms with Crippen LogP contribution in [-0.4, -0.2) is 62.5 Å². The van der Waals surface area contributed by atoms with E-state index in [9.17, 15) is 13.2 Å². The van der Waals surface area contributed by atoms with Crippen LogP contribution < -0.4 is 14.4 Å². The molecule has 0 bridgehead atoms. The molecule has 0 unspecified atom stereocenters. The molecule has 0 aromatic heterocycles. The molecule has 0 spiro atoms. The molecule has 2 aromatic carbocycles. The first-order chi connectivity index (χ1) is 14.9. The third-order valence-electron chi connectivity index (χ3n) is 5.38. The summed E-state index contributed by atoms with van der Waals surface area (Å²) < 4.78 is 39.2. The van der Waals surface area contributed by atoms with E-state index < -0.39 is 10.0 Å². The van der Waals surface area contributed by atoms with Gasteiger partial charge in [0.2, 0.25) is 0 Å². The smallest absolute Gasteiger partial charge is 0.257 e. The van der Waals surface area contributed by atoms with Crippen LogP contribution in [0.1, 0.15) is 17.3 Å². The Kier molecular flexibility index (Phi) is 5.05. The van der Waals surface area contributed by atoms with Gasteiger partial charge in [-0.15, -0.1) is 4.40 Å². The number of hydrogen-bond acceptors (Lipinski definition) is 7. The summed E-state index contributed by atoms with van der Waals surface area (Å²) >= 11 is 1.28. The van der Waals surface area contributed by atoms with Crippen molar-refractivity contribution < 1.29 is 22.7 Å². The minimum absolute atomic E-state index is 0.00656. The van der Waals surface area contributed by atoms with Crippen LogP contribution in [0.2, 0.25) is 0 Å². The molecule has 31 heavy (non-hydrogen) atoms. The Morgan fingerprint density at radius 3 is 2.87 bits per heavy atom. The number of carbonyl (C=O) groups excluding carboxylic acids is 1. The lowest BCUT2D eigenvalue weighted by Gasteiger charge is -2.31. The number of hydrogen-bond donors (Lipinski definition) is 0. The van der Waals surface area contributed by atoms with Crippen LogP contribution in [0.5, 0.6) is 11.5 Å². The zero-order chi connectivity index (χ0) is 21.6. The summed E-state index contributed by atoms with van der Waals surface area (Å²) in [5, 5.41) is 0.449. The molecule has 0 N–H and O–H groups in total. The average Bonchev–Trinajstić information content (AvgIpc) is 3.12. The van der Waals surface area contributed by atoms with Crippen molar-refractivity contribution in [2.24, 2.45) is 4.40 Å². The molecule has 0 fully saturated rings. The van der Waals surface area contributed by atoms with Gasteiger partial charge in [0, 0.05) is 23.5 Å². The molecule has 3 aliphatic rings. The third kappa shape index (κ3) is 3.85. The van der Waals surface area contributed by atoms with E-state index in [1.54, 1.807) is 11.0 Å². The number of para-hydroxylation sites is 2. The summed E-state index contributed by atoms with van der Waals surface area (Å²) in [4.78, 5) is 17.7. The SMILES string of the molecule is CCN(C[C@H]1COc2ccccc2O1)C(=O)c1ccc2c(c1)SC1=NS(=O)(=O)CCN12. The number of thioether (sulfide) groups is 1. The number of anilines is 1. The molecule has 0 radical (unpaired) electrons. The monoisotopic (exact) mass is 459 g/mol. The molecule has 5 rings (SSSR count). The summed E-state index contributed by atoms with van der Waals surface area (Å²) in [7, 11) is -3.41. The quantitative estimate of drug-likeness (QED) is 0.694. The van der Waals surface area contributed by atoms with Gasteiger partial charge in [-0.1, -0.05) is 12.1 Å². The molecule has 1 atom stereocenters. The van der Waals surface area contributed by atoms with Gasteiger partial charge in [-0.3, -0.25) is 4.79 Å². The number of carbonyl (C=O) groups is 1. The summed E-state index contributed by atoms with van der Waals surface area (Å²) in [5.41, 5.74) is 1.44. The number of amidine groups is 1. The van der Waals surface area contributed by atoms with Gasteiger partial charge in [0.1, 0.15) is 6.61 Å². The van der Waals surface area contributed by atoms with Gasteiger partial charge >= 0.3 is 0 Å². The first-order valence-electron chi connectivity index (χ1n) is 10.0. The number of benzene rings is 2. The van der Waals surface area contributed by atoms with Crippen LogP contribution in [0, 0.1) is 0 Å². The summed E-state index contributed by atoms with van der Waals surface area (Å²) in [5.74, 6) is 1.29. The van der Waals surface area contributed by atoms with Crippen molar-refractivity contribution in [1.82, 2.24) is 4.90 Å². The van der Waals surface area contributed by atoms with Gasteiger partial charge in [-0.05, 0) is 49.0 Å². The topological polar surface area (TPSA) is 88.5 Å². The van der Waals surface area contributed by atoms with Crippen molar-refractivity contribution in [2.45, 2.75) is 17.9 Å². The van der Waals surface area contributed by atoms with E-state index in [2.05, 4.69) is 4.40 Å². The standard InChI is InChI=1S/C21H21N3O5S2/c1-2-23(12-15-13-28-17-5-3-4-6-18(17)29-15)20(25)14-7-8-16-19(11-14)30-21-22-31(26,27)10-9-24(16)21/h3-8,11,15H,2,9-10,12-13H2,1H3/t15-/m0/s1. The Labute approximate surface area is 184 Å². The molecule has 0 saturated carbocycles. The maximum atomic E-state index is 13.2. The Morgan fingerprint density at radius 1 is 1.26 bits per heavy atom. The minimum atomic E-state index is -3.41. The second kappa shape index (κ2) is 7.76. The van der Waals surface area contributed by atoms with Gasteiger partial charge in [-0.25, -0.2) is 8.42 Å². The fourth-order valence-corrected chi connectivity index (χ4v) is 6.10. The van der Waals surface area contributed by atoms with Crippen molar-refractivity contribution >= 4 is 38.5 Å². The summed E-state index contributed by atoms with van der Waals surface area (Å²) in [6.45, 7) is 3.62. The second-order valence-corrected chi connectivity index (χ2v) is 10.2. The highest BCUT2D eigenvalue weighted by Crippen LogP contribution is 2.42. The number of nitrogens with zero attached hydrogens (tertiary/aromatic N) is 3. The zero-order valence-corrected chi connectivity index (χ0v) is 18.5. The van der Waals surface area contributed by atoms with Crippen LogP contribution in [0.15, 0.2) is 51.8 Å². The molecule has 1 amide bonds. The second-order valence-electron chi connectivity index (χ2n) is 7.44. The summed E-state index contributed by atoms with van der Waals surface area (Å²) in [6, 6.07) is 13.0. The molecule has 10 heteroatoms. The first-order valence-corrected chi connectivity index (χ1v) is 12.5. The molecule has 162 valence electrons. The number of rotatable bonds is 4. The molecule has 3 heterocycles. The molecular formula is C21H21N3O5S2. The van der Waals surface area contributed by atoms with Crippen LogP contribution in [0.25, 0.3) is 0 Å². The molecule has 3 aliphatic heterocycles. The van der Waals surface area contributed by atoms with Crippen LogP contribution in [0.4, 0.5) is 5.69 Å². The lowest BCUT2D eigenvalue weighted by atomic mass is 10.1. The Bertz CT molecular complexity index is 1180. The van der Waals surface area contributed by atoms with E-state index >= 15 is 0 Å². The van der Waals surface area contributed by atoms with Crippen molar-refractivity contribution in [1.29, 1.82) is 0 Å². The van der Waals surface area contributed by atoms with E-state index in [-0.39, 0.29) is 17.8 Å². The fraction of sp³-hybridized carbons (Fsp3) is 0.333. The van der Waals surface area contributed by atoms with Gasteiger partial charge in [0.25, 0.3) is 15.9 Å². The number of ether oxygens (including phenoxy) is 2. The predicted molar refractivity (Wildman–Crippen MR) is 119 cm³/mol.